The molecule has 0 aliphatic carbocycles. The normalized spacial score (nSPS) is 11.0. The fraction of sp³-hybridized carbons (Fsp3) is 0.190. The minimum atomic E-state index is -0.528. The number of nitrogens with one attached hydrogen (secondary N) is 1. The quantitative estimate of drug-likeness (QED) is 0.295. The standard InChI is InChI=1S/C21H19N7O3S2/c1-12(2)13-4-6-14(7-5-13)19-24-25-20(33-19)23-18(29)15-8-9-17(16(10-15)28(30)31)32-21-26-22-11-27(21)3/h4-12H,1-3H3,(H,23,25,29). The number of hydrogen-bond donors (Lipinski definition) is 1. The van der Waals surface area contributed by atoms with Crippen LogP contribution in [-0.2, 0) is 7.05 Å². The van der Waals surface area contributed by atoms with Crippen LogP contribution in [0.5, 0.6) is 0 Å². The van der Waals surface area contributed by atoms with Crippen molar-refractivity contribution in [1.82, 2.24) is 25.0 Å². The molecule has 0 saturated heterocycles. The molecule has 0 bridgehead atoms. The van der Waals surface area contributed by atoms with Crippen LogP contribution in [0.2, 0.25) is 0 Å². The zero-order valence-corrected chi connectivity index (χ0v) is 19.6. The maximum Gasteiger partial charge on any atom is 0.284 e. The first-order valence-electron chi connectivity index (χ1n) is 9.87. The molecule has 0 aliphatic heterocycles. The third-order valence-corrected chi connectivity index (χ3v) is 6.76. The number of aromatic nitrogens is 5. The summed E-state index contributed by atoms with van der Waals surface area (Å²) in [5.74, 6) is -0.0799. The van der Waals surface area contributed by atoms with Crippen LogP contribution in [0.4, 0.5) is 10.8 Å². The van der Waals surface area contributed by atoms with Crippen molar-refractivity contribution in [3.05, 3.63) is 70.0 Å². The molecule has 4 rings (SSSR count). The second-order valence-electron chi connectivity index (χ2n) is 7.41. The lowest BCUT2D eigenvalue weighted by atomic mass is 10.0. The van der Waals surface area contributed by atoms with E-state index in [1.165, 1.54) is 41.4 Å². The highest BCUT2D eigenvalue weighted by Crippen LogP contribution is 2.34. The van der Waals surface area contributed by atoms with Crippen LogP contribution in [0, 0.1) is 10.1 Å². The average Bonchev–Trinajstić information content (AvgIpc) is 3.43. The maximum absolute atomic E-state index is 12.7. The molecule has 12 heteroatoms. The van der Waals surface area contributed by atoms with Gasteiger partial charge in [0.2, 0.25) is 5.13 Å². The molecule has 0 atom stereocenters. The molecular formula is C21H19N7O3S2. The van der Waals surface area contributed by atoms with E-state index in [2.05, 4.69) is 39.6 Å². The highest BCUT2D eigenvalue weighted by molar-refractivity contribution is 7.99. The first-order chi connectivity index (χ1) is 15.8. The van der Waals surface area contributed by atoms with E-state index in [1.807, 2.05) is 24.3 Å². The van der Waals surface area contributed by atoms with Crippen LogP contribution >= 0.6 is 23.1 Å². The molecular weight excluding hydrogens is 462 g/mol. The van der Waals surface area contributed by atoms with Gasteiger partial charge in [0, 0.05) is 24.2 Å². The summed E-state index contributed by atoms with van der Waals surface area (Å²) in [5, 5.41) is 31.6. The Hall–Kier alpha value is -3.64. The Morgan fingerprint density at radius 2 is 1.91 bits per heavy atom. The first-order valence-corrected chi connectivity index (χ1v) is 11.5. The van der Waals surface area contributed by atoms with Crippen LogP contribution in [0.15, 0.2) is 58.8 Å². The molecule has 0 unspecified atom stereocenters. The number of nitrogens with zero attached hydrogens (tertiary/aromatic N) is 6. The molecule has 0 radical (unpaired) electrons. The fourth-order valence-electron chi connectivity index (χ4n) is 2.92. The summed E-state index contributed by atoms with van der Waals surface area (Å²) in [4.78, 5) is 24.1. The van der Waals surface area contributed by atoms with E-state index in [9.17, 15) is 14.9 Å². The molecule has 1 N–H and O–H groups in total. The minimum Gasteiger partial charge on any atom is -0.311 e. The third-order valence-electron chi connectivity index (χ3n) is 4.76. The molecule has 0 fully saturated rings. The number of benzene rings is 2. The van der Waals surface area contributed by atoms with Crippen molar-refractivity contribution in [2.45, 2.75) is 29.8 Å². The molecule has 10 nitrogen and oxygen atoms in total. The van der Waals surface area contributed by atoms with Crippen molar-refractivity contribution in [3.8, 4) is 10.6 Å². The van der Waals surface area contributed by atoms with Crippen molar-refractivity contribution < 1.29 is 9.72 Å². The summed E-state index contributed by atoms with van der Waals surface area (Å²) >= 11 is 2.33. The Morgan fingerprint density at radius 3 is 2.55 bits per heavy atom. The zero-order valence-electron chi connectivity index (χ0n) is 17.9. The van der Waals surface area contributed by atoms with E-state index in [4.69, 9.17) is 0 Å². The molecule has 1 amide bonds. The summed E-state index contributed by atoms with van der Waals surface area (Å²) in [5.41, 5.74) is 2.07. The second-order valence-corrected chi connectivity index (χ2v) is 9.40. The van der Waals surface area contributed by atoms with Crippen molar-refractivity contribution in [1.29, 1.82) is 0 Å². The van der Waals surface area contributed by atoms with Crippen LogP contribution < -0.4 is 5.32 Å². The van der Waals surface area contributed by atoms with Crippen molar-refractivity contribution in [3.63, 3.8) is 0 Å². The molecule has 4 aromatic rings. The number of anilines is 1. The van der Waals surface area contributed by atoms with Gasteiger partial charge < -0.3 is 4.57 Å². The van der Waals surface area contributed by atoms with E-state index in [1.54, 1.807) is 11.6 Å². The van der Waals surface area contributed by atoms with E-state index in [0.29, 0.717) is 26.1 Å². The Morgan fingerprint density at radius 1 is 1.15 bits per heavy atom. The predicted molar refractivity (Wildman–Crippen MR) is 126 cm³/mol. The highest BCUT2D eigenvalue weighted by Gasteiger charge is 2.21. The highest BCUT2D eigenvalue weighted by atomic mass is 32.2. The Kier molecular flexibility index (Phi) is 6.47. The molecule has 0 aliphatic rings. The zero-order chi connectivity index (χ0) is 23.5. The summed E-state index contributed by atoms with van der Waals surface area (Å²) < 4.78 is 1.65. The molecule has 168 valence electrons. The van der Waals surface area contributed by atoms with Crippen LogP contribution in [0.3, 0.4) is 0 Å². The molecule has 2 aromatic heterocycles. The van der Waals surface area contributed by atoms with E-state index in [0.717, 1.165) is 17.3 Å². The number of carbonyl (C=O) groups is 1. The van der Waals surface area contributed by atoms with Crippen molar-refractivity contribution >= 4 is 39.8 Å². The molecule has 2 heterocycles. The maximum atomic E-state index is 12.7. The number of rotatable bonds is 7. The van der Waals surface area contributed by atoms with Gasteiger partial charge in [-0.3, -0.25) is 20.2 Å². The lowest BCUT2D eigenvalue weighted by Crippen LogP contribution is -2.12. The van der Waals surface area contributed by atoms with Gasteiger partial charge in [-0.05, 0) is 35.4 Å². The van der Waals surface area contributed by atoms with Crippen molar-refractivity contribution in [2.75, 3.05) is 5.32 Å². The fourth-order valence-corrected chi connectivity index (χ4v) is 4.52. The number of hydrogen-bond acceptors (Lipinski definition) is 9. The van der Waals surface area contributed by atoms with Gasteiger partial charge in [-0.1, -0.05) is 49.4 Å². The predicted octanol–water partition coefficient (Wildman–Crippen LogP) is 4.77. The third kappa shape index (κ3) is 5.07. The molecule has 33 heavy (non-hydrogen) atoms. The molecule has 0 saturated carbocycles. The SMILES string of the molecule is CC(C)c1ccc(-c2nnc(NC(=O)c3ccc(Sc4nncn4C)c([N+](=O)[O-])c3)s2)cc1. The molecule has 0 spiro atoms. The average molecular weight is 482 g/mol. The number of carbonyl (C=O) groups excluding carboxylic acids is 1. The van der Waals surface area contributed by atoms with E-state index in [-0.39, 0.29) is 11.3 Å². The van der Waals surface area contributed by atoms with Gasteiger partial charge in [0.25, 0.3) is 11.6 Å². The topological polar surface area (TPSA) is 129 Å². The lowest BCUT2D eigenvalue weighted by Gasteiger charge is -2.05. The van der Waals surface area contributed by atoms with E-state index >= 15 is 0 Å². The first kappa shape index (κ1) is 22.6. The Balaban J connectivity index is 1.51. The van der Waals surface area contributed by atoms with Crippen LogP contribution in [0.1, 0.15) is 35.7 Å². The van der Waals surface area contributed by atoms with Gasteiger partial charge in [-0.2, -0.15) is 0 Å². The molecule has 2 aromatic carbocycles. The summed E-state index contributed by atoms with van der Waals surface area (Å²) in [6, 6.07) is 12.3. The van der Waals surface area contributed by atoms with Gasteiger partial charge >= 0.3 is 0 Å². The van der Waals surface area contributed by atoms with Gasteiger partial charge in [-0.25, -0.2) is 0 Å². The largest absolute Gasteiger partial charge is 0.311 e. The van der Waals surface area contributed by atoms with Gasteiger partial charge in [0.1, 0.15) is 11.3 Å². The van der Waals surface area contributed by atoms with Gasteiger partial charge in [0.05, 0.1) is 9.82 Å². The number of nitro groups is 1. The lowest BCUT2D eigenvalue weighted by molar-refractivity contribution is -0.387. The van der Waals surface area contributed by atoms with Crippen LogP contribution in [0.25, 0.3) is 10.6 Å². The second kappa shape index (κ2) is 9.46. The van der Waals surface area contributed by atoms with Gasteiger partial charge in [0.15, 0.2) is 5.16 Å². The Bertz CT molecular complexity index is 1320. The number of aryl methyl sites for hydroxylation is 1. The number of amides is 1. The Labute approximate surface area is 197 Å². The summed E-state index contributed by atoms with van der Waals surface area (Å²) in [6.45, 7) is 4.25. The number of nitro benzene ring substituents is 1. The monoisotopic (exact) mass is 481 g/mol. The summed E-state index contributed by atoms with van der Waals surface area (Å²) in [7, 11) is 1.74. The smallest absolute Gasteiger partial charge is 0.284 e. The van der Waals surface area contributed by atoms with Crippen molar-refractivity contribution in [2.24, 2.45) is 7.05 Å². The van der Waals surface area contributed by atoms with Crippen LogP contribution in [-0.4, -0.2) is 35.8 Å². The summed E-state index contributed by atoms with van der Waals surface area (Å²) in [6.07, 6.45) is 1.50. The van der Waals surface area contributed by atoms with E-state index < -0.39 is 10.8 Å². The minimum absolute atomic E-state index is 0.141. The van der Waals surface area contributed by atoms with Gasteiger partial charge in [-0.15, -0.1) is 20.4 Å².